The van der Waals surface area contributed by atoms with Gasteiger partial charge in [-0.25, -0.2) is 15.0 Å². The molecular formula is C53H34N4. The molecule has 266 valence electrons. The summed E-state index contributed by atoms with van der Waals surface area (Å²) in [7, 11) is 0. The molecule has 2 aromatic heterocycles. The second-order valence-corrected chi connectivity index (χ2v) is 14.4. The zero-order valence-corrected chi connectivity index (χ0v) is 30.9. The van der Waals surface area contributed by atoms with Gasteiger partial charge in [-0.1, -0.05) is 164 Å². The Morgan fingerprint density at radius 1 is 0.298 bits per heavy atom. The second-order valence-electron chi connectivity index (χ2n) is 14.4. The van der Waals surface area contributed by atoms with E-state index < -0.39 is 0 Å². The second kappa shape index (κ2) is 13.6. The van der Waals surface area contributed by atoms with Gasteiger partial charge in [0.25, 0.3) is 0 Å². The maximum Gasteiger partial charge on any atom is 0.164 e. The molecule has 11 aromatic rings. The van der Waals surface area contributed by atoms with Gasteiger partial charge in [0.05, 0.1) is 11.0 Å². The first kappa shape index (κ1) is 32.7. The molecule has 0 saturated carbocycles. The number of benzene rings is 9. The summed E-state index contributed by atoms with van der Waals surface area (Å²) in [6, 6.07) is 73.0. The zero-order valence-electron chi connectivity index (χ0n) is 30.9. The van der Waals surface area contributed by atoms with Crippen molar-refractivity contribution in [2.75, 3.05) is 0 Å². The standard InChI is InChI=1S/C53H34N4/c1-5-16-35(17-6-1)38-29-31-48-47(32-38)50-43(26-15-27-49(50)57(48)41-23-11-4-12-24-41)40-28-30-44-42-25-14-13-22-39(42)34-46(45(44)33-40)53-55-51(36-18-7-2-8-19-36)54-52(56-53)37-20-9-3-10-21-37/h1-34H. The van der Waals surface area contributed by atoms with Crippen LogP contribution in [0.5, 0.6) is 0 Å². The van der Waals surface area contributed by atoms with E-state index in [0.29, 0.717) is 17.5 Å². The minimum absolute atomic E-state index is 0.641. The third-order valence-electron chi connectivity index (χ3n) is 11.0. The summed E-state index contributed by atoms with van der Waals surface area (Å²) in [6.45, 7) is 0. The molecular weight excluding hydrogens is 693 g/mol. The number of rotatable bonds is 6. The van der Waals surface area contributed by atoms with Gasteiger partial charge in [-0.3, -0.25) is 0 Å². The van der Waals surface area contributed by atoms with Crippen LogP contribution in [0, 0.1) is 0 Å². The minimum Gasteiger partial charge on any atom is -0.309 e. The molecule has 0 aliphatic carbocycles. The first-order chi connectivity index (χ1) is 28.3. The van der Waals surface area contributed by atoms with Crippen LogP contribution in [0.1, 0.15) is 0 Å². The summed E-state index contributed by atoms with van der Waals surface area (Å²) in [6.07, 6.45) is 0. The minimum atomic E-state index is 0.641. The number of aromatic nitrogens is 4. The summed E-state index contributed by atoms with van der Waals surface area (Å²) in [5, 5.41) is 6.99. The highest BCUT2D eigenvalue weighted by Gasteiger charge is 2.20. The molecule has 0 spiro atoms. The summed E-state index contributed by atoms with van der Waals surface area (Å²) in [5.74, 6) is 1.93. The maximum absolute atomic E-state index is 5.20. The Morgan fingerprint density at radius 2 is 0.877 bits per heavy atom. The van der Waals surface area contributed by atoms with Gasteiger partial charge in [0.1, 0.15) is 0 Å². The lowest BCUT2D eigenvalue weighted by molar-refractivity contribution is 1.08. The van der Waals surface area contributed by atoms with Crippen LogP contribution in [0.4, 0.5) is 0 Å². The van der Waals surface area contributed by atoms with Crippen molar-refractivity contribution in [1.82, 2.24) is 19.5 Å². The molecule has 9 aromatic carbocycles. The first-order valence-corrected chi connectivity index (χ1v) is 19.3. The summed E-state index contributed by atoms with van der Waals surface area (Å²) >= 11 is 0. The normalized spacial score (nSPS) is 11.5. The van der Waals surface area contributed by atoms with Crippen LogP contribution in [0.3, 0.4) is 0 Å². The van der Waals surface area contributed by atoms with E-state index >= 15 is 0 Å². The number of para-hydroxylation sites is 1. The molecule has 0 atom stereocenters. The summed E-state index contributed by atoms with van der Waals surface area (Å²) in [5.41, 5.74) is 11.0. The van der Waals surface area contributed by atoms with E-state index in [0.717, 1.165) is 49.6 Å². The van der Waals surface area contributed by atoms with Gasteiger partial charge in [-0.2, -0.15) is 0 Å². The largest absolute Gasteiger partial charge is 0.309 e. The highest BCUT2D eigenvalue weighted by Crippen LogP contribution is 2.43. The van der Waals surface area contributed by atoms with Crippen LogP contribution in [-0.2, 0) is 0 Å². The third kappa shape index (κ3) is 5.66. The van der Waals surface area contributed by atoms with Gasteiger partial charge in [-0.05, 0) is 86.3 Å². The Morgan fingerprint density at radius 3 is 1.58 bits per heavy atom. The molecule has 0 aliphatic heterocycles. The molecule has 57 heavy (non-hydrogen) atoms. The van der Waals surface area contributed by atoms with Gasteiger partial charge < -0.3 is 4.57 Å². The van der Waals surface area contributed by atoms with Gasteiger partial charge in [0.15, 0.2) is 17.5 Å². The van der Waals surface area contributed by atoms with Gasteiger partial charge in [0, 0.05) is 33.2 Å². The van der Waals surface area contributed by atoms with E-state index in [9.17, 15) is 0 Å². The summed E-state index contributed by atoms with van der Waals surface area (Å²) < 4.78 is 2.39. The number of nitrogens with zero attached hydrogens (tertiary/aromatic N) is 4. The number of hydrogen-bond acceptors (Lipinski definition) is 3. The van der Waals surface area contributed by atoms with Crippen molar-refractivity contribution in [1.29, 1.82) is 0 Å². The average molecular weight is 727 g/mol. The Labute approximate surface area is 330 Å². The Bertz CT molecular complexity index is 3210. The summed E-state index contributed by atoms with van der Waals surface area (Å²) in [4.78, 5) is 15.4. The molecule has 0 N–H and O–H groups in total. The molecule has 0 fully saturated rings. The maximum atomic E-state index is 5.20. The quantitative estimate of drug-likeness (QED) is 0.160. The lowest BCUT2D eigenvalue weighted by Gasteiger charge is -2.14. The number of hydrogen-bond donors (Lipinski definition) is 0. The van der Waals surface area contributed by atoms with Crippen molar-refractivity contribution >= 4 is 43.4 Å². The topological polar surface area (TPSA) is 43.6 Å². The van der Waals surface area contributed by atoms with Crippen molar-refractivity contribution in [3.05, 3.63) is 206 Å². The lowest BCUT2D eigenvalue weighted by Crippen LogP contribution is -2.00. The molecule has 2 heterocycles. The average Bonchev–Trinajstić information content (AvgIpc) is 3.63. The van der Waals surface area contributed by atoms with Gasteiger partial charge >= 0.3 is 0 Å². The van der Waals surface area contributed by atoms with E-state index in [1.54, 1.807) is 0 Å². The highest BCUT2D eigenvalue weighted by molar-refractivity contribution is 6.19. The third-order valence-corrected chi connectivity index (χ3v) is 11.0. The van der Waals surface area contributed by atoms with Crippen molar-refractivity contribution in [3.63, 3.8) is 0 Å². The predicted octanol–water partition coefficient (Wildman–Crippen LogP) is 13.6. The molecule has 11 rings (SSSR count). The van der Waals surface area contributed by atoms with Crippen LogP contribution in [0.25, 0.3) is 105 Å². The smallest absolute Gasteiger partial charge is 0.164 e. The van der Waals surface area contributed by atoms with Crippen LogP contribution in [0.15, 0.2) is 206 Å². The molecule has 0 saturated heterocycles. The molecule has 0 amide bonds. The van der Waals surface area contributed by atoms with E-state index in [4.69, 9.17) is 15.0 Å². The Hall–Kier alpha value is -7.69. The fourth-order valence-electron chi connectivity index (χ4n) is 8.36. The van der Waals surface area contributed by atoms with Crippen LogP contribution in [0.2, 0.25) is 0 Å². The monoisotopic (exact) mass is 726 g/mol. The SMILES string of the molecule is c1ccc(-c2ccc3c(c2)c2c(-c4ccc5c(c4)c(-c4nc(-c6ccccc6)nc(-c6ccccc6)n4)cc4ccccc45)cccc2n3-c2ccccc2)cc1. The van der Waals surface area contributed by atoms with E-state index in [1.165, 1.54) is 38.4 Å². The molecule has 4 nitrogen and oxygen atoms in total. The van der Waals surface area contributed by atoms with Gasteiger partial charge in [0.2, 0.25) is 0 Å². The predicted molar refractivity (Wildman–Crippen MR) is 236 cm³/mol. The van der Waals surface area contributed by atoms with Crippen LogP contribution < -0.4 is 0 Å². The highest BCUT2D eigenvalue weighted by atomic mass is 15.0. The molecule has 0 aliphatic rings. The van der Waals surface area contributed by atoms with Crippen molar-refractivity contribution < 1.29 is 0 Å². The van der Waals surface area contributed by atoms with E-state index in [1.807, 2.05) is 36.4 Å². The Balaban J connectivity index is 1.19. The lowest BCUT2D eigenvalue weighted by atomic mass is 9.92. The van der Waals surface area contributed by atoms with Crippen molar-refractivity contribution in [3.8, 4) is 62.1 Å². The van der Waals surface area contributed by atoms with E-state index in [2.05, 4.69) is 174 Å². The molecule has 0 unspecified atom stereocenters. The molecule has 0 bridgehead atoms. The van der Waals surface area contributed by atoms with E-state index in [-0.39, 0.29) is 0 Å². The number of fused-ring (bicyclic) bond motifs is 6. The first-order valence-electron chi connectivity index (χ1n) is 19.3. The molecule has 4 heteroatoms. The fourth-order valence-corrected chi connectivity index (χ4v) is 8.36. The Kier molecular flexibility index (Phi) is 7.78. The van der Waals surface area contributed by atoms with Crippen LogP contribution in [-0.4, -0.2) is 19.5 Å². The van der Waals surface area contributed by atoms with Crippen molar-refractivity contribution in [2.24, 2.45) is 0 Å². The fraction of sp³-hybridized carbons (Fsp3) is 0. The van der Waals surface area contributed by atoms with Gasteiger partial charge in [-0.15, -0.1) is 0 Å². The molecule has 0 radical (unpaired) electrons. The van der Waals surface area contributed by atoms with Crippen molar-refractivity contribution in [2.45, 2.75) is 0 Å². The zero-order chi connectivity index (χ0) is 37.7. The van der Waals surface area contributed by atoms with Crippen LogP contribution >= 0.6 is 0 Å².